The number of hydrogen-bond donors (Lipinski definition) is 2. The van der Waals surface area contributed by atoms with E-state index in [0.29, 0.717) is 6.42 Å². The van der Waals surface area contributed by atoms with Crippen LogP contribution in [0.25, 0.3) is 5.69 Å². The molecule has 0 bridgehead atoms. The summed E-state index contributed by atoms with van der Waals surface area (Å²) in [5.41, 5.74) is 6.26. The molecule has 0 radical (unpaired) electrons. The molecule has 2 N–H and O–H groups in total. The van der Waals surface area contributed by atoms with Crippen molar-refractivity contribution >= 4 is 5.91 Å². The number of rotatable bonds is 2. The Morgan fingerprint density at radius 1 is 1.45 bits per heavy atom. The van der Waals surface area contributed by atoms with Gasteiger partial charge in [-0.3, -0.25) is 10.0 Å². The molecular weight excluding hydrogens is 254 g/mol. The highest BCUT2D eigenvalue weighted by Gasteiger charge is 2.27. The lowest BCUT2D eigenvalue weighted by Gasteiger charge is -2.21. The Hall–Kier alpha value is -2.14. The number of aryl methyl sites for hydroxylation is 1. The van der Waals surface area contributed by atoms with Gasteiger partial charge in [0.25, 0.3) is 0 Å². The Morgan fingerprint density at radius 2 is 2.25 bits per heavy atom. The molecule has 20 heavy (non-hydrogen) atoms. The van der Waals surface area contributed by atoms with E-state index in [0.717, 1.165) is 24.1 Å². The molecule has 0 saturated heterocycles. The molecule has 1 amide bonds. The number of aromatic nitrogens is 2. The minimum absolute atomic E-state index is 0.165. The maximum Gasteiger partial charge on any atom is 0.246 e. The fraction of sp³-hybridized carbons (Fsp3) is 0.333. The number of hydrogen-bond acceptors (Lipinski definition) is 3. The first-order chi connectivity index (χ1) is 9.70. The molecule has 0 aliphatic heterocycles. The second kappa shape index (κ2) is 5.09. The summed E-state index contributed by atoms with van der Waals surface area (Å²) >= 11 is 0. The van der Waals surface area contributed by atoms with Crippen LogP contribution in [0.3, 0.4) is 0 Å². The molecule has 1 aliphatic rings. The van der Waals surface area contributed by atoms with Crippen molar-refractivity contribution in [3.8, 4) is 5.69 Å². The number of nitrogens with zero attached hydrogens (tertiary/aromatic N) is 2. The largest absolute Gasteiger partial charge is 0.289 e. The molecular formula is C15H17N3O2. The number of amides is 1. The zero-order valence-corrected chi connectivity index (χ0v) is 11.3. The summed E-state index contributed by atoms with van der Waals surface area (Å²) in [6.07, 6.45) is 3.99. The van der Waals surface area contributed by atoms with Gasteiger partial charge in [-0.05, 0) is 43.4 Å². The maximum atomic E-state index is 11.5. The lowest BCUT2D eigenvalue weighted by Crippen LogP contribution is -2.32. The number of benzene rings is 1. The van der Waals surface area contributed by atoms with Gasteiger partial charge in [-0.2, -0.15) is 5.10 Å². The smallest absolute Gasteiger partial charge is 0.246 e. The Balaban J connectivity index is 1.94. The van der Waals surface area contributed by atoms with Crippen LogP contribution in [-0.2, 0) is 17.6 Å². The number of carbonyl (C=O) groups excluding carboxylic acids is 1. The molecule has 1 atom stereocenters. The molecule has 1 aliphatic carbocycles. The second-order valence-corrected chi connectivity index (χ2v) is 5.23. The predicted molar refractivity (Wildman–Crippen MR) is 73.7 cm³/mol. The minimum Gasteiger partial charge on any atom is -0.289 e. The maximum absolute atomic E-state index is 11.5. The third-order valence-corrected chi connectivity index (χ3v) is 3.98. The van der Waals surface area contributed by atoms with Gasteiger partial charge < -0.3 is 0 Å². The number of hydroxylamine groups is 1. The molecule has 5 nitrogen and oxygen atoms in total. The molecule has 104 valence electrons. The third kappa shape index (κ3) is 2.10. The highest BCUT2D eigenvalue weighted by Crippen LogP contribution is 2.28. The van der Waals surface area contributed by atoms with E-state index in [4.69, 9.17) is 5.21 Å². The van der Waals surface area contributed by atoms with Crippen molar-refractivity contribution in [3.05, 3.63) is 47.3 Å². The average molecular weight is 271 g/mol. The van der Waals surface area contributed by atoms with Gasteiger partial charge in [0.2, 0.25) is 5.91 Å². The fourth-order valence-electron chi connectivity index (χ4n) is 2.85. The second-order valence-electron chi connectivity index (χ2n) is 5.23. The van der Waals surface area contributed by atoms with Crippen LogP contribution in [0.4, 0.5) is 0 Å². The first-order valence-electron chi connectivity index (χ1n) is 6.76. The van der Waals surface area contributed by atoms with Gasteiger partial charge >= 0.3 is 0 Å². The Bertz CT molecular complexity index is 648. The summed E-state index contributed by atoms with van der Waals surface area (Å²) in [7, 11) is 0. The molecule has 5 heteroatoms. The molecule has 1 aromatic heterocycles. The van der Waals surface area contributed by atoms with E-state index in [9.17, 15) is 4.79 Å². The van der Waals surface area contributed by atoms with Crippen LogP contribution >= 0.6 is 0 Å². The summed E-state index contributed by atoms with van der Waals surface area (Å²) < 4.78 is 1.97. The monoisotopic (exact) mass is 271 g/mol. The van der Waals surface area contributed by atoms with Crippen LogP contribution in [0.1, 0.15) is 23.2 Å². The first-order valence-corrected chi connectivity index (χ1v) is 6.76. The molecule has 0 saturated carbocycles. The van der Waals surface area contributed by atoms with Crippen LogP contribution in [0, 0.1) is 12.8 Å². The normalized spacial score (nSPS) is 17.6. The number of fused-ring (bicyclic) bond motifs is 1. The van der Waals surface area contributed by atoms with Crippen molar-refractivity contribution in [1.82, 2.24) is 15.3 Å². The van der Waals surface area contributed by atoms with E-state index in [1.807, 2.05) is 23.0 Å². The molecule has 1 heterocycles. The average Bonchev–Trinajstić information content (AvgIpc) is 2.90. The Morgan fingerprint density at radius 3 is 3.00 bits per heavy atom. The van der Waals surface area contributed by atoms with Crippen molar-refractivity contribution in [2.45, 2.75) is 26.2 Å². The zero-order chi connectivity index (χ0) is 14.1. The molecule has 3 rings (SSSR count). The number of carbonyl (C=O) groups is 1. The lowest BCUT2D eigenvalue weighted by molar-refractivity contribution is -0.133. The van der Waals surface area contributed by atoms with Crippen LogP contribution < -0.4 is 5.48 Å². The summed E-state index contributed by atoms with van der Waals surface area (Å²) in [5.74, 6) is -0.471. The van der Waals surface area contributed by atoms with Gasteiger partial charge in [0, 0.05) is 11.6 Å². The van der Waals surface area contributed by atoms with Gasteiger partial charge in [0.1, 0.15) is 0 Å². The predicted octanol–water partition coefficient (Wildman–Crippen LogP) is 1.79. The van der Waals surface area contributed by atoms with Gasteiger partial charge in [-0.25, -0.2) is 10.2 Å². The van der Waals surface area contributed by atoms with Gasteiger partial charge in [-0.1, -0.05) is 18.2 Å². The van der Waals surface area contributed by atoms with E-state index < -0.39 is 0 Å². The summed E-state index contributed by atoms with van der Waals surface area (Å²) in [4.78, 5) is 11.5. The third-order valence-electron chi connectivity index (χ3n) is 3.98. The minimum atomic E-state index is -0.306. The Labute approximate surface area is 117 Å². The van der Waals surface area contributed by atoms with Gasteiger partial charge in [0.05, 0.1) is 11.9 Å². The van der Waals surface area contributed by atoms with Gasteiger partial charge in [-0.15, -0.1) is 0 Å². The summed E-state index contributed by atoms with van der Waals surface area (Å²) in [5, 5.41) is 13.2. The highest BCUT2D eigenvalue weighted by molar-refractivity contribution is 5.78. The van der Waals surface area contributed by atoms with E-state index in [2.05, 4.69) is 24.2 Å². The van der Waals surface area contributed by atoms with Crippen LogP contribution in [0.15, 0.2) is 30.5 Å². The number of para-hydroxylation sites is 1. The quantitative estimate of drug-likeness (QED) is 0.646. The van der Waals surface area contributed by atoms with Gasteiger partial charge in [0.15, 0.2) is 0 Å². The van der Waals surface area contributed by atoms with Crippen LogP contribution in [-0.4, -0.2) is 20.9 Å². The highest BCUT2D eigenvalue weighted by atomic mass is 16.5. The van der Waals surface area contributed by atoms with E-state index >= 15 is 0 Å². The number of nitrogens with one attached hydrogen (secondary N) is 1. The molecule has 1 aromatic carbocycles. The van der Waals surface area contributed by atoms with E-state index in [-0.39, 0.29) is 11.8 Å². The standard InChI is InChI=1S/C15H17N3O2/c1-10-4-2-3-5-13(10)18-14-7-6-11(15(19)17-20)8-12(14)9-16-18/h2-5,9,11,20H,6-8H2,1H3,(H,17,19). The van der Waals surface area contributed by atoms with Crippen LogP contribution in [0.5, 0.6) is 0 Å². The van der Waals surface area contributed by atoms with Crippen molar-refractivity contribution in [1.29, 1.82) is 0 Å². The van der Waals surface area contributed by atoms with E-state index in [1.165, 1.54) is 11.3 Å². The molecule has 0 spiro atoms. The summed E-state index contributed by atoms with van der Waals surface area (Å²) in [6, 6.07) is 8.13. The summed E-state index contributed by atoms with van der Waals surface area (Å²) in [6.45, 7) is 2.06. The first kappa shape index (κ1) is 12.9. The van der Waals surface area contributed by atoms with E-state index in [1.54, 1.807) is 5.48 Å². The fourth-order valence-corrected chi connectivity index (χ4v) is 2.85. The molecule has 0 fully saturated rings. The lowest BCUT2D eigenvalue weighted by atomic mass is 9.87. The van der Waals surface area contributed by atoms with Crippen molar-refractivity contribution in [3.63, 3.8) is 0 Å². The van der Waals surface area contributed by atoms with Crippen molar-refractivity contribution < 1.29 is 10.0 Å². The molecule has 1 unspecified atom stereocenters. The van der Waals surface area contributed by atoms with Crippen molar-refractivity contribution in [2.24, 2.45) is 5.92 Å². The zero-order valence-electron chi connectivity index (χ0n) is 11.3. The SMILES string of the molecule is Cc1ccccc1-n1ncc2c1CCC(C(=O)NO)C2. The Kier molecular flexibility index (Phi) is 3.28. The molecule has 2 aromatic rings. The van der Waals surface area contributed by atoms with Crippen molar-refractivity contribution in [2.75, 3.05) is 0 Å². The van der Waals surface area contributed by atoms with Crippen LogP contribution in [0.2, 0.25) is 0 Å². The topological polar surface area (TPSA) is 67.2 Å².